The molecule has 1 aromatic carbocycles. The van der Waals surface area contributed by atoms with Crippen molar-refractivity contribution in [2.75, 3.05) is 12.4 Å². The molecule has 0 saturated carbocycles. The van der Waals surface area contributed by atoms with Gasteiger partial charge in [0, 0.05) is 23.2 Å². The Morgan fingerprint density at radius 1 is 1.45 bits per heavy atom. The number of ether oxygens (including phenoxy) is 1. The van der Waals surface area contributed by atoms with Crippen LogP contribution in [0.3, 0.4) is 0 Å². The zero-order chi connectivity index (χ0) is 14.8. The number of hydrogen-bond acceptors (Lipinski definition) is 3. The summed E-state index contributed by atoms with van der Waals surface area (Å²) in [6.07, 6.45) is 2.01. The van der Waals surface area contributed by atoms with E-state index in [-0.39, 0.29) is 12.3 Å². The van der Waals surface area contributed by atoms with Gasteiger partial charge in [-0.3, -0.25) is 9.78 Å². The quantitative estimate of drug-likeness (QED) is 0.924. The van der Waals surface area contributed by atoms with E-state index in [2.05, 4.69) is 26.2 Å². The molecule has 0 fully saturated rings. The van der Waals surface area contributed by atoms with Gasteiger partial charge in [0.2, 0.25) is 5.91 Å². The lowest BCUT2D eigenvalue weighted by Crippen LogP contribution is -2.29. The standard InChI is InChI=1S/C15H17BrN2O2/c1-15(2,20-3)8-13(19)18-12-6-4-5-10-7-11(16)9-17-14(10)12/h4-7,9H,8H2,1-3H3,(H,18,19). The molecule has 2 rings (SSSR count). The third kappa shape index (κ3) is 3.55. The number of carbonyl (C=O) groups excluding carboxylic acids is 1. The van der Waals surface area contributed by atoms with Gasteiger partial charge in [-0.05, 0) is 41.9 Å². The van der Waals surface area contributed by atoms with E-state index in [1.54, 1.807) is 13.3 Å². The molecular formula is C15H17BrN2O2. The van der Waals surface area contributed by atoms with E-state index in [4.69, 9.17) is 4.74 Å². The molecule has 0 saturated heterocycles. The molecule has 0 spiro atoms. The molecule has 4 nitrogen and oxygen atoms in total. The summed E-state index contributed by atoms with van der Waals surface area (Å²) in [5.41, 5.74) is 1.01. The van der Waals surface area contributed by atoms with Crippen LogP contribution < -0.4 is 5.32 Å². The molecule has 0 radical (unpaired) electrons. The molecule has 5 heteroatoms. The number of benzene rings is 1. The molecule has 106 valence electrons. The Morgan fingerprint density at radius 2 is 2.20 bits per heavy atom. The minimum atomic E-state index is -0.481. The van der Waals surface area contributed by atoms with Crippen molar-refractivity contribution >= 4 is 38.4 Å². The van der Waals surface area contributed by atoms with Gasteiger partial charge >= 0.3 is 0 Å². The van der Waals surface area contributed by atoms with Gasteiger partial charge in [-0.15, -0.1) is 0 Å². The topological polar surface area (TPSA) is 51.2 Å². The van der Waals surface area contributed by atoms with E-state index >= 15 is 0 Å². The third-order valence-corrected chi connectivity index (χ3v) is 3.52. The van der Waals surface area contributed by atoms with Crippen molar-refractivity contribution in [3.63, 3.8) is 0 Å². The molecular weight excluding hydrogens is 320 g/mol. The fourth-order valence-corrected chi connectivity index (χ4v) is 2.24. The number of carbonyl (C=O) groups is 1. The SMILES string of the molecule is COC(C)(C)CC(=O)Nc1cccc2cc(Br)cnc12. The molecule has 1 heterocycles. The number of pyridine rings is 1. The number of anilines is 1. The highest BCUT2D eigenvalue weighted by Crippen LogP contribution is 2.24. The summed E-state index contributed by atoms with van der Waals surface area (Å²) in [5, 5.41) is 3.87. The maximum Gasteiger partial charge on any atom is 0.227 e. The fraction of sp³-hybridized carbons (Fsp3) is 0.333. The average molecular weight is 337 g/mol. The van der Waals surface area contributed by atoms with Crippen LogP contribution in [-0.4, -0.2) is 23.6 Å². The first-order valence-corrected chi connectivity index (χ1v) is 7.10. The fourth-order valence-electron chi connectivity index (χ4n) is 1.89. The predicted molar refractivity (Wildman–Crippen MR) is 83.8 cm³/mol. The highest BCUT2D eigenvalue weighted by atomic mass is 79.9. The number of aromatic nitrogens is 1. The molecule has 1 N–H and O–H groups in total. The molecule has 20 heavy (non-hydrogen) atoms. The third-order valence-electron chi connectivity index (χ3n) is 3.09. The monoisotopic (exact) mass is 336 g/mol. The van der Waals surface area contributed by atoms with Crippen LogP contribution >= 0.6 is 15.9 Å². The van der Waals surface area contributed by atoms with Crippen LogP contribution in [0.1, 0.15) is 20.3 Å². The Balaban J connectivity index is 2.24. The van der Waals surface area contributed by atoms with Crippen LogP contribution in [0.15, 0.2) is 34.9 Å². The first-order valence-electron chi connectivity index (χ1n) is 6.30. The Kier molecular flexibility index (Phi) is 4.40. The Labute approximate surface area is 126 Å². The number of methoxy groups -OCH3 is 1. The highest BCUT2D eigenvalue weighted by molar-refractivity contribution is 9.10. The average Bonchev–Trinajstić information content (AvgIpc) is 2.38. The molecule has 0 aliphatic heterocycles. The number of para-hydroxylation sites is 1. The van der Waals surface area contributed by atoms with E-state index in [1.165, 1.54) is 0 Å². The summed E-state index contributed by atoms with van der Waals surface area (Å²) in [5.74, 6) is -0.0888. The molecule has 1 aromatic heterocycles. The number of hydrogen-bond donors (Lipinski definition) is 1. The molecule has 0 bridgehead atoms. The van der Waals surface area contributed by atoms with Crippen LogP contribution in [0, 0.1) is 0 Å². The maximum absolute atomic E-state index is 12.1. The summed E-state index contributed by atoms with van der Waals surface area (Å²) in [4.78, 5) is 16.4. The number of rotatable bonds is 4. The van der Waals surface area contributed by atoms with E-state index in [9.17, 15) is 4.79 Å². The second-order valence-electron chi connectivity index (χ2n) is 5.22. The number of amides is 1. The first-order chi connectivity index (χ1) is 9.41. The van der Waals surface area contributed by atoms with Crippen molar-refractivity contribution in [2.45, 2.75) is 25.9 Å². The van der Waals surface area contributed by atoms with Crippen molar-refractivity contribution in [3.8, 4) is 0 Å². The van der Waals surface area contributed by atoms with Crippen molar-refractivity contribution in [1.82, 2.24) is 4.98 Å². The predicted octanol–water partition coefficient (Wildman–Crippen LogP) is 3.75. The summed E-state index contributed by atoms with van der Waals surface area (Å²) >= 11 is 3.39. The van der Waals surface area contributed by atoms with Gasteiger partial charge in [0.05, 0.1) is 23.2 Å². The second-order valence-corrected chi connectivity index (χ2v) is 6.14. The number of nitrogens with one attached hydrogen (secondary N) is 1. The summed E-state index contributed by atoms with van der Waals surface area (Å²) in [7, 11) is 1.60. The van der Waals surface area contributed by atoms with Crippen LogP contribution in [0.25, 0.3) is 10.9 Å². The largest absolute Gasteiger partial charge is 0.378 e. The van der Waals surface area contributed by atoms with Gasteiger partial charge in [-0.2, -0.15) is 0 Å². The van der Waals surface area contributed by atoms with Crippen LogP contribution in [0.4, 0.5) is 5.69 Å². The number of nitrogens with zero attached hydrogens (tertiary/aromatic N) is 1. The minimum absolute atomic E-state index is 0.0888. The Bertz CT molecular complexity index is 641. The van der Waals surface area contributed by atoms with Gasteiger partial charge in [0.15, 0.2) is 0 Å². The molecule has 2 aromatic rings. The second kappa shape index (κ2) is 5.89. The number of fused-ring (bicyclic) bond motifs is 1. The van der Waals surface area contributed by atoms with Crippen molar-refractivity contribution in [3.05, 3.63) is 34.9 Å². The Morgan fingerprint density at radius 3 is 2.90 bits per heavy atom. The Hall–Kier alpha value is -1.46. The molecule has 0 unspecified atom stereocenters. The molecule has 1 amide bonds. The van der Waals surface area contributed by atoms with Gasteiger partial charge in [0.1, 0.15) is 0 Å². The summed E-state index contributed by atoms with van der Waals surface area (Å²) < 4.78 is 6.18. The van der Waals surface area contributed by atoms with Gasteiger partial charge in [-0.25, -0.2) is 0 Å². The number of halogens is 1. The molecule has 0 aliphatic rings. The van der Waals surface area contributed by atoms with Crippen molar-refractivity contribution in [1.29, 1.82) is 0 Å². The van der Waals surface area contributed by atoms with E-state index < -0.39 is 5.60 Å². The zero-order valence-corrected chi connectivity index (χ0v) is 13.3. The van der Waals surface area contributed by atoms with Gasteiger partial charge < -0.3 is 10.1 Å². The first kappa shape index (κ1) is 14.9. The maximum atomic E-state index is 12.1. The smallest absolute Gasteiger partial charge is 0.227 e. The zero-order valence-electron chi connectivity index (χ0n) is 11.7. The van der Waals surface area contributed by atoms with Gasteiger partial charge in [0.25, 0.3) is 0 Å². The normalized spacial score (nSPS) is 11.6. The minimum Gasteiger partial charge on any atom is -0.378 e. The molecule has 0 aliphatic carbocycles. The summed E-state index contributed by atoms with van der Waals surface area (Å²) in [6.45, 7) is 3.76. The van der Waals surface area contributed by atoms with E-state index in [1.807, 2.05) is 38.1 Å². The van der Waals surface area contributed by atoms with Crippen LogP contribution in [0.2, 0.25) is 0 Å². The van der Waals surface area contributed by atoms with Gasteiger partial charge in [-0.1, -0.05) is 12.1 Å². The van der Waals surface area contributed by atoms with Crippen LogP contribution in [-0.2, 0) is 9.53 Å². The van der Waals surface area contributed by atoms with E-state index in [0.29, 0.717) is 5.69 Å². The highest BCUT2D eigenvalue weighted by Gasteiger charge is 2.21. The van der Waals surface area contributed by atoms with Crippen LogP contribution in [0.5, 0.6) is 0 Å². The van der Waals surface area contributed by atoms with Crippen molar-refractivity contribution in [2.24, 2.45) is 0 Å². The van der Waals surface area contributed by atoms with Crippen molar-refractivity contribution < 1.29 is 9.53 Å². The molecule has 0 atom stereocenters. The van der Waals surface area contributed by atoms with E-state index in [0.717, 1.165) is 15.4 Å². The lowest BCUT2D eigenvalue weighted by molar-refractivity contribution is -0.121. The lowest BCUT2D eigenvalue weighted by Gasteiger charge is -2.22. The lowest BCUT2D eigenvalue weighted by atomic mass is 10.0. The summed E-state index contributed by atoms with van der Waals surface area (Å²) in [6, 6.07) is 7.67.